The van der Waals surface area contributed by atoms with Crippen LogP contribution in [0.5, 0.6) is 0 Å². The Bertz CT molecular complexity index is 949. The second-order valence-electron chi connectivity index (χ2n) is 4.55. The molecular formula is C15H9Cl2FN4S. The molecule has 0 spiro atoms. The lowest BCUT2D eigenvalue weighted by Crippen LogP contribution is -1.97. The van der Waals surface area contributed by atoms with Crippen LogP contribution in [-0.4, -0.2) is 21.1 Å². The molecule has 0 saturated carbocycles. The van der Waals surface area contributed by atoms with Crippen LogP contribution in [0.3, 0.4) is 0 Å². The minimum absolute atomic E-state index is 0.240. The molecule has 4 nitrogen and oxygen atoms in total. The van der Waals surface area contributed by atoms with Crippen molar-refractivity contribution in [3.05, 3.63) is 68.7 Å². The molecule has 116 valence electrons. The SMILES string of the molecule is Fc1ccccc1-c1n[nH]c(=S)n1N=Cc1ccc(Cl)cc1Cl. The van der Waals surface area contributed by atoms with Gasteiger partial charge in [-0.3, -0.25) is 0 Å². The Morgan fingerprint density at radius 3 is 2.74 bits per heavy atom. The Morgan fingerprint density at radius 2 is 2.00 bits per heavy atom. The fourth-order valence-electron chi connectivity index (χ4n) is 1.94. The first-order valence-electron chi connectivity index (χ1n) is 6.48. The highest BCUT2D eigenvalue weighted by atomic mass is 35.5. The van der Waals surface area contributed by atoms with Crippen LogP contribution in [-0.2, 0) is 0 Å². The molecule has 0 amide bonds. The minimum Gasteiger partial charge on any atom is -0.250 e. The van der Waals surface area contributed by atoms with E-state index in [1.54, 1.807) is 36.4 Å². The van der Waals surface area contributed by atoms with E-state index in [1.165, 1.54) is 17.0 Å². The van der Waals surface area contributed by atoms with Crippen molar-refractivity contribution >= 4 is 41.6 Å². The maximum absolute atomic E-state index is 13.9. The second kappa shape index (κ2) is 6.62. The molecule has 8 heteroatoms. The highest BCUT2D eigenvalue weighted by Crippen LogP contribution is 2.22. The van der Waals surface area contributed by atoms with Crippen LogP contribution in [0.15, 0.2) is 47.6 Å². The van der Waals surface area contributed by atoms with Gasteiger partial charge in [0.2, 0.25) is 4.77 Å². The number of aromatic nitrogens is 3. The molecule has 23 heavy (non-hydrogen) atoms. The van der Waals surface area contributed by atoms with Gasteiger partial charge in [-0.1, -0.05) is 41.4 Å². The van der Waals surface area contributed by atoms with Crippen LogP contribution in [0.1, 0.15) is 5.56 Å². The predicted molar refractivity (Wildman–Crippen MR) is 92.3 cm³/mol. The van der Waals surface area contributed by atoms with Crippen LogP contribution in [0.2, 0.25) is 10.0 Å². The summed E-state index contributed by atoms with van der Waals surface area (Å²) in [6.07, 6.45) is 1.51. The Kier molecular flexibility index (Phi) is 4.56. The third kappa shape index (κ3) is 3.34. The Morgan fingerprint density at radius 1 is 1.22 bits per heavy atom. The van der Waals surface area contributed by atoms with Crippen molar-refractivity contribution in [3.63, 3.8) is 0 Å². The lowest BCUT2D eigenvalue weighted by Gasteiger charge is -2.03. The average Bonchev–Trinajstić information content (AvgIpc) is 2.88. The van der Waals surface area contributed by atoms with Crippen molar-refractivity contribution in [1.82, 2.24) is 14.9 Å². The number of rotatable bonds is 3. The molecular weight excluding hydrogens is 358 g/mol. The highest BCUT2D eigenvalue weighted by Gasteiger charge is 2.12. The second-order valence-corrected chi connectivity index (χ2v) is 5.78. The van der Waals surface area contributed by atoms with Crippen molar-refractivity contribution in [1.29, 1.82) is 0 Å². The minimum atomic E-state index is -0.414. The van der Waals surface area contributed by atoms with Gasteiger partial charge >= 0.3 is 0 Å². The molecule has 0 fully saturated rings. The van der Waals surface area contributed by atoms with Crippen molar-refractivity contribution < 1.29 is 4.39 Å². The van der Waals surface area contributed by atoms with Crippen LogP contribution in [0.4, 0.5) is 4.39 Å². The molecule has 0 bridgehead atoms. The number of hydrogen-bond acceptors (Lipinski definition) is 3. The summed E-state index contributed by atoms with van der Waals surface area (Å²) in [6, 6.07) is 11.3. The molecule has 0 aliphatic heterocycles. The summed E-state index contributed by atoms with van der Waals surface area (Å²) < 4.78 is 15.5. The monoisotopic (exact) mass is 366 g/mol. The lowest BCUT2D eigenvalue weighted by molar-refractivity contribution is 0.628. The predicted octanol–water partition coefficient (Wildman–Crippen LogP) is 4.94. The molecule has 3 rings (SSSR count). The van der Waals surface area contributed by atoms with Gasteiger partial charge in [-0.25, -0.2) is 9.49 Å². The van der Waals surface area contributed by atoms with Gasteiger partial charge in [-0.15, -0.1) is 0 Å². The molecule has 0 radical (unpaired) electrons. The topological polar surface area (TPSA) is 46.0 Å². The Balaban J connectivity index is 2.04. The standard InChI is InChI=1S/C15H9Cl2FN4S/c16-10-6-5-9(12(17)7-10)8-19-22-14(20-21-15(22)23)11-3-1-2-4-13(11)18/h1-8H,(H,21,23). The molecule has 1 heterocycles. The van der Waals surface area contributed by atoms with Crippen LogP contribution in [0.25, 0.3) is 11.4 Å². The zero-order valence-corrected chi connectivity index (χ0v) is 13.8. The summed E-state index contributed by atoms with van der Waals surface area (Å²) in [5.41, 5.74) is 0.942. The number of nitrogens with one attached hydrogen (secondary N) is 1. The molecule has 3 aromatic rings. The smallest absolute Gasteiger partial charge is 0.216 e. The van der Waals surface area contributed by atoms with Gasteiger partial charge in [-0.2, -0.15) is 14.9 Å². The molecule has 0 aliphatic rings. The van der Waals surface area contributed by atoms with E-state index >= 15 is 0 Å². The molecule has 0 atom stereocenters. The first-order chi connectivity index (χ1) is 11.1. The van der Waals surface area contributed by atoms with Crippen LogP contribution < -0.4 is 0 Å². The van der Waals surface area contributed by atoms with Gasteiger partial charge in [0.05, 0.1) is 16.8 Å². The van der Waals surface area contributed by atoms with E-state index < -0.39 is 5.82 Å². The third-order valence-corrected chi connectivity index (χ3v) is 3.87. The van der Waals surface area contributed by atoms with Gasteiger partial charge in [-0.05, 0) is 36.5 Å². The summed E-state index contributed by atoms with van der Waals surface area (Å²) in [7, 11) is 0. The quantitative estimate of drug-likeness (QED) is 0.527. The van der Waals surface area contributed by atoms with Crippen LogP contribution in [0, 0.1) is 10.6 Å². The van der Waals surface area contributed by atoms with Gasteiger partial charge in [0.25, 0.3) is 0 Å². The molecule has 0 unspecified atom stereocenters. The number of hydrogen-bond donors (Lipinski definition) is 1. The molecule has 1 aromatic heterocycles. The van der Waals surface area contributed by atoms with Gasteiger partial charge < -0.3 is 0 Å². The number of benzene rings is 2. The van der Waals surface area contributed by atoms with Gasteiger partial charge in [0.1, 0.15) is 5.82 Å². The van der Waals surface area contributed by atoms with Crippen LogP contribution >= 0.6 is 35.4 Å². The maximum Gasteiger partial charge on any atom is 0.216 e. The number of halogens is 3. The Labute approximate surface area is 146 Å². The van der Waals surface area contributed by atoms with Crippen molar-refractivity contribution in [3.8, 4) is 11.4 Å². The first-order valence-corrected chi connectivity index (χ1v) is 7.64. The largest absolute Gasteiger partial charge is 0.250 e. The normalized spacial score (nSPS) is 11.3. The third-order valence-electron chi connectivity index (χ3n) is 3.04. The fourth-order valence-corrected chi connectivity index (χ4v) is 2.58. The van der Waals surface area contributed by atoms with E-state index in [-0.39, 0.29) is 10.6 Å². The van der Waals surface area contributed by atoms with E-state index in [9.17, 15) is 4.39 Å². The summed E-state index contributed by atoms with van der Waals surface area (Å²) in [5, 5.41) is 11.9. The highest BCUT2D eigenvalue weighted by molar-refractivity contribution is 7.71. The average molecular weight is 367 g/mol. The Hall–Kier alpha value is -2.02. The van der Waals surface area contributed by atoms with Gasteiger partial charge in [0, 0.05) is 10.6 Å². The summed E-state index contributed by atoms with van der Waals surface area (Å²) in [6.45, 7) is 0. The van der Waals surface area contributed by atoms with Crippen molar-refractivity contribution in [2.45, 2.75) is 0 Å². The molecule has 0 saturated heterocycles. The lowest BCUT2D eigenvalue weighted by atomic mass is 10.2. The number of aromatic amines is 1. The van der Waals surface area contributed by atoms with Crippen molar-refractivity contribution in [2.75, 3.05) is 0 Å². The number of nitrogens with zero attached hydrogens (tertiary/aromatic N) is 3. The summed E-state index contributed by atoms with van der Waals surface area (Å²) in [4.78, 5) is 0. The molecule has 1 N–H and O–H groups in total. The molecule has 2 aromatic carbocycles. The summed E-state index contributed by atoms with van der Waals surface area (Å²) in [5.74, 6) is -0.142. The van der Waals surface area contributed by atoms with Gasteiger partial charge in [0.15, 0.2) is 5.82 Å². The van der Waals surface area contributed by atoms with Crippen molar-refractivity contribution in [2.24, 2.45) is 5.10 Å². The summed E-state index contributed by atoms with van der Waals surface area (Å²) >= 11 is 17.1. The maximum atomic E-state index is 13.9. The zero-order chi connectivity index (χ0) is 16.4. The van der Waals surface area contributed by atoms with E-state index in [2.05, 4.69) is 15.3 Å². The van der Waals surface area contributed by atoms with E-state index in [0.29, 0.717) is 21.2 Å². The zero-order valence-electron chi connectivity index (χ0n) is 11.5. The van der Waals surface area contributed by atoms with E-state index in [4.69, 9.17) is 35.4 Å². The van der Waals surface area contributed by atoms with E-state index in [1.807, 2.05) is 0 Å². The number of H-pyrrole nitrogens is 1. The van der Waals surface area contributed by atoms with E-state index in [0.717, 1.165) is 0 Å². The molecule has 0 aliphatic carbocycles. The first kappa shape index (κ1) is 15.9. The fraction of sp³-hybridized carbons (Fsp3) is 0.